The van der Waals surface area contributed by atoms with Crippen molar-refractivity contribution in [1.82, 2.24) is 15.0 Å². The summed E-state index contributed by atoms with van der Waals surface area (Å²) < 4.78 is 13.5. The van der Waals surface area contributed by atoms with E-state index in [9.17, 15) is 18.8 Å². The number of nitrogens with one attached hydrogen (secondary N) is 1. The molecule has 0 spiro atoms. The largest absolute Gasteiger partial charge is 0.351 e. The van der Waals surface area contributed by atoms with Crippen LogP contribution >= 0.6 is 0 Å². The highest BCUT2D eigenvalue weighted by Gasteiger charge is 2.42. The third kappa shape index (κ3) is 4.15. The summed E-state index contributed by atoms with van der Waals surface area (Å²) in [6.45, 7) is 0.493. The van der Waals surface area contributed by atoms with E-state index < -0.39 is 18.1 Å². The summed E-state index contributed by atoms with van der Waals surface area (Å²) in [4.78, 5) is 40.2. The molecule has 1 saturated carbocycles. The maximum atomic E-state index is 13.5. The molecular formula is C16H27BFN3O3. The van der Waals surface area contributed by atoms with E-state index in [1.54, 1.807) is 22.1 Å². The van der Waals surface area contributed by atoms with Crippen molar-refractivity contribution in [2.24, 2.45) is 11.8 Å². The molecule has 2 aliphatic rings. The zero-order chi connectivity index (χ0) is 17.9. The average Bonchev–Trinajstić information content (AvgIpc) is 2.99. The van der Waals surface area contributed by atoms with E-state index in [1.807, 2.05) is 0 Å². The Hall–Kier alpha value is -1.44. The number of Topliss-reactive ketones (excluding diaryl/α,β-unsaturated/α-hetero) is 1. The van der Waals surface area contributed by atoms with Crippen LogP contribution < -0.4 is 5.23 Å². The monoisotopic (exact) mass is 339 g/mol. The van der Waals surface area contributed by atoms with Gasteiger partial charge in [-0.25, -0.2) is 4.39 Å². The van der Waals surface area contributed by atoms with E-state index in [1.165, 1.54) is 9.80 Å². The van der Waals surface area contributed by atoms with Crippen LogP contribution in [-0.2, 0) is 14.4 Å². The second kappa shape index (κ2) is 8.10. The number of carbonyl (C=O) groups is 3. The van der Waals surface area contributed by atoms with Crippen LogP contribution in [0.1, 0.15) is 32.1 Å². The van der Waals surface area contributed by atoms with Crippen LogP contribution in [0.5, 0.6) is 0 Å². The summed E-state index contributed by atoms with van der Waals surface area (Å²) in [6, 6.07) is -0.677. The normalized spacial score (nSPS) is 24.7. The number of nitrogens with zero attached hydrogens (tertiary/aromatic N) is 2. The van der Waals surface area contributed by atoms with E-state index >= 15 is 0 Å². The molecule has 1 aliphatic carbocycles. The Morgan fingerprint density at radius 3 is 2.38 bits per heavy atom. The van der Waals surface area contributed by atoms with Crippen molar-refractivity contribution >= 4 is 25.6 Å². The first-order chi connectivity index (χ1) is 11.3. The molecule has 0 aromatic carbocycles. The molecule has 134 valence electrons. The highest BCUT2D eigenvalue weighted by atomic mass is 19.1. The third-order valence-corrected chi connectivity index (χ3v) is 5.20. The summed E-state index contributed by atoms with van der Waals surface area (Å²) in [5.41, 5.74) is 0. The summed E-state index contributed by atoms with van der Waals surface area (Å²) in [7, 11) is 5.01. The Morgan fingerprint density at radius 2 is 1.92 bits per heavy atom. The van der Waals surface area contributed by atoms with Crippen molar-refractivity contribution in [3.63, 3.8) is 0 Å². The Kier molecular flexibility index (Phi) is 6.37. The Balaban J connectivity index is 2.20. The molecule has 1 N–H and O–H groups in total. The average molecular weight is 339 g/mol. The highest BCUT2D eigenvalue weighted by Crippen LogP contribution is 2.32. The third-order valence-electron chi connectivity index (χ3n) is 5.20. The number of rotatable bonds is 5. The number of ketones is 1. The molecule has 2 fully saturated rings. The molecule has 0 aromatic heterocycles. The van der Waals surface area contributed by atoms with Crippen LogP contribution in [0.3, 0.4) is 0 Å². The van der Waals surface area contributed by atoms with Gasteiger partial charge in [-0.15, -0.1) is 0 Å². The van der Waals surface area contributed by atoms with Gasteiger partial charge in [0, 0.05) is 33.5 Å². The SMILES string of the molecule is BNC(C(=O)N1CC[C@H](F)C1)[C@@H](C(=O)N(C)C)C1CCC(=O)CC1. The van der Waals surface area contributed by atoms with E-state index in [2.05, 4.69) is 5.23 Å². The van der Waals surface area contributed by atoms with Crippen LogP contribution in [0, 0.1) is 11.8 Å². The summed E-state index contributed by atoms with van der Waals surface area (Å²) in [6.07, 6.45) is 1.54. The van der Waals surface area contributed by atoms with Crippen molar-refractivity contribution in [1.29, 1.82) is 0 Å². The number of alkyl halides is 1. The van der Waals surface area contributed by atoms with E-state index in [0.717, 1.165) is 0 Å². The van der Waals surface area contributed by atoms with Gasteiger partial charge in [-0.3, -0.25) is 14.4 Å². The lowest BCUT2D eigenvalue weighted by Gasteiger charge is -2.36. The maximum Gasteiger partial charge on any atom is 0.239 e. The summed E-state index contributed by atoms with van der Waals surface area (Å²) >= 11 is 0. The molecule has 1 unspecified atom stereocenters. The molecule has 2 amide bonds. The molecule has 3 atom stereocenters. The number of amides is 2. The van der Waals surface area contributed by atoms with E-state index in [0.29, 0.717) is 38.6 Å². The topological polar surface area (TPSA) is 69.7 Å². The number of halogens is 1. The molecule has 0 aromatic rings. The summed E-state index contributed by atoms with van der Waals surface area (Å²) in [5.74, 6) is -0.644. The van der Waals surface area contributed by atoms with Gasteiger partial charge in [-0.1, -0.05) is 0 Å². The molecule has 0 radical (unpaired) electrons. The smallest absolute Gasteiger partial charge is 0.239 e. The van der Waals surface area contributed by atoms with Gasteiger partial charge in [0.1, 0.15) is 12.0 Å². The lowest BCUT2D eigenvalue weighted by Crippen LogP contribution is -2.55. The molecule has 24 heavy (non-hydrogen) atoms. The van der Waals surface area contributed by atoms with Crippen LogP contribution in [0.4, 0.5) is 4.39 Å². The minimum absolute atomic E-state index is 0.0113. The minimum atomic E-state index is -0.984. The zero-order valence-corrected chi connectivity index (χ0v) is 14.8. The fourth-order valence-corrected chi connectivity index (χ4v) is 3.81. The van der Waals surface area contributed by atoms with Gasteiger partial charge in [0.25, 0.3) is 0 Å². The van der Waals surface area contributed by atoms with Crippen LogP contribution in [-0.4, -0.2) is 74.8 Å². The summed E-state index contributed by atoms with van der Waals surface area (Å²) in [5, 5.41) is 2.99. The van der Waals surface area contributed by atoms with Gasteiger partial charge in [0.2, 0.25) is 11.8 Å². The molecule has 8 heteroatoms. The van der Waals surface area contributed by atoms with E-state index in [4.69, 9.17) is 0 Å². The molecule has 1 aliphatic heterocycles. The maximum absolute atomic E-state index is 13.5. The molecular weight excluding hydrogens is 312 g/mol. The van der Waals surface area contributed by atoms with Crippen molar-refractivity contribution in [2.45, 2.75) is 44.3 Å². The number of hydrogen-bond donors (Lipinski definition) is 1. The van der Waals surface area contributed by atoms with Crippen molar-refractivity contribution in [3.8, 4) is 0 Å². The second-order valence-corrected chi connectivity index (χ2v) is 7.07. The first-order valence-corrected chi connectivity index (χ1v) is 8.68. The van der Waals surface area contributed by atoms with Gasteiger partial charge in [0.05, 0.1) is 18.5 Å². The molecule has 2 rings (SSSR count). The molecule has 0 bridgehead atoms. The quantitative estimate of drug-likeness (QED) is 0.688. The Morgan fingerprint density at radius 1 is 1.29 bits per heavy atom. The Labute approximate surface area is 143 Å². The first-order valence-electron chi connectivity index (χ1n) is 8.68. The fraction of sp³-hybridized carbons (Fsp3) is 0.812. The van der Waals surface area contributed by atoms with Crippen LogP contribution in [0.2, 0.25) is 0 Å². The van der Waals surface area contributed by atoms with E-state index in [-0.39, 0.29) is 30.1 Å². The second-order valence-electron chi connectivity index (χ2n) is 7.07. The lowest BCUT2D eigenvalue weighted by molar-refractivity contribution is -0.144. The Bertz CT molecular complexity index is 493. The van der Waals surface area contributed by atoms with Crippen molar-refractivity contribution < 1.29 is 18.8 Å². The van der Waals surface area contributed by atoms with Crippen molar-refractivity contribution in [3.05, 3.63) is 0 Å². The predicted octanol–water partition coefficient (Wildman–Crippen LogP) is -0.473. The van der Waals surface area contributed by atoms with Crippen molar-refractivity contribution in [2.75, 3.05) is 27.2 Å². The molecule has 6 nitrogen and oxygen atoms in total. The fourth-order valence-electron chi connectivity index (χ4n) is 3.81. The number of hydrogen-bond acceptors (Lipinski definition) is 4. The van der Waals surface area contributed by atoms with Gasteiger partial charge in [0.15, 0.2) is 7.98 Å². The standard InChI is InChI=1S/C16H27BFN3O3/c1-20(2)15(23)13(10-3-5-12(22)6-4-10)14(19-17)16(24)21-8-7-11(18)9-21/h10-11,13-14,19H,3-9,17H2,1-2H3/t11-,13-,14?/m0/s1. The lowest BCUT2D eigenvalue weighted by atomic mass is 9.74. The van der Waals surface area contributed by atoms with Crippen LogP contribution in [0.25, 0.3) is 0 Å². The number of carbonyl (C=O) groups excluding carboxylic acids is 3. The highest BCUT2D eigenvalue weighted by molar-refractivity contribution is 6.07. The first kappa shape index (κ1) is 18.9. The molecule has 1 heterocycles. The van der Waals surface area contributed by atoms with Gasteiger partial charge >= 0.3 is 0 Å². The van der Waals surface area contributed by atoms with Crippen LogP contribution in [0.15, 0.2) is 0 Å². The zero-order valence-electron chi connectivity index (χ0n) is 14.8. The van der Waals surface area contributed by atoms with Gasteiger partial charge < -0.3 is 15.0 Å². The number of likely N-dealkylation sites (tertiary alicyclic amines) is 1. The van der Waals surface area contributed by atoms with Gasteiger partial charge in [-0.05, 0) is 25.2 Å². The minimum Gasteiger partial charge on any atom is -0.351 e. The molecule has 1 saturated heterocycles. The predicted molar refractivity (Wildman–Crippen MR) is 90.7 cm³/mol. The van der Waals surface area contributed by atoms with Gasteiger partial charge in [-0.2, -0.15) is 0 Å².